The molecule has 19 heavy (non-hydrogen) atoms. The molecule has 1 aliphatic rings. The fourth-order valence-electron chi connectivity index (χ4n) is 2.43. The van der Waals surface area contributed by atoms with Crippen molar-refractivity contribution in [1.82, 2.24) is 4.98 Å². The molecule has 0 bridgehead atoms. The van der Waals surface area contributed by atoms with Crippen LogP contribution in [0.15, 0.2) is 48.7 Å². The summed E-state index contributed by atoms with van der Waals surface area (Å²) >= 11 is 0. The molecule has 0 radical (unpaired) electrons. The van der Waals surface area contributed by atoms with Gasteiger partial charge in [-0.1, -0.05) is 18.2 Å². The van der Waals surface area contributed by atoms with Crippen molar-refractivity contribution in [3.8, 4) is 5.75 Å². The molecule has 1 aromatic heterocycles. The first-order valence-electron chi connectivity index (χ1n) is 6.80. The summed E-state index contributed by atoms with van der Waals surface area (Å²) in [6, 6.07) is 14.2. The lowest BCUT2D eigenvalue weighted by Gasteiger charge is -2.21. The highest BCUT2D eigenvalue weighted by Gasteiger charge is 2.16. The van der Waals surface area contributed by atoms with Gasteiger partial charge in [-0.15, -0.1) is 0 Å². The second kappa shape index (κ2) is 5.74. The van der Waals surface area contributed by atoms with E-state index in [2.05, 4.69) is 22.0 Å². The summed E-state index contributed by atoms with van der Waals surface area (Å²) in [5, 5.41) is 0. The molecule has 0 aliphatic carbocycles. The Balaban J connectivity index is 1.73. The van der Waals surface area contributed by atoms with Crippen LogP contribution in [-0.4, -0.2) is 18.1 Å². The molecule has 0 N–H and O–H groups in total. The third kappa shape index (κ3) is 2.87. The van der Waals surface area contributed by atoms with Crippen molar-refractivity contribution in [3.05, 3.63) is 54.4 Å². The summed E-state index contributed by atoms with van der Waals surface area (Å²) < 4.78 is 5.93. The number of aromatic nitrogens is 1. The number of ether oxygens (including phenoxy) is 1. The summed E-state index contributed by atoms with van der Waals surface area (Å²) in [5.74, 6) is 0.954. The first-order valence-corrected chi connectivity index (χ1v) is 6.80. The average Bonchev–Trinajstić information content (AvgIpc) is 3.01. The molecule has 1 fully saturated rings. The van der Waals surface area contributed by atoms with Crippen LogP contribution < -0.4 is 9.64 Å². The van der Waals surface area contributed by atoms with Gasteiger partial charge >= 0.3 is 0 Å². The maximum absolute atomic E-state index is 5.93. The van der Waals surface area contributed by atoms with Crippen molar-refractivity contribution in [2.24, 2.45) is 0 Å². The Morgan fingerprint density at radius 3 is 2.58 bits per heavy atom. The summed E-state index contributed by atoms with van der Waals surface area (Å²) in [6.45, 7) is 2.78. The molecule has 0 saturated carbocycles. The Bertz CT molecular complexity index is 521. The predicted octanol–water partition coefficient (Wildman–Crippen LogP) is 3.26. The first-order chi connectivity index (χ1) is 9.43. The SMILES string of the molecule is c1ccc(COc2ccccc2N2CCCC2)nc1. The largest absolute Gasteiger partial charge is 0.485 e. The minimum atomic E-state index is 0.520. The van der Waals surface area contributed by atoms with E-state index in [-0.39, 0.29) is 0 Å². The molecule has 3 heteroatoms. The van der Waals surface area contributed by atoms with Crippen LogP contribution in [-0.2, 0) is 6.61 Å². The maximum Gasteiger partial charge on any atom is 0.143 e. The van der Waals surface area contributed by atoms with E-state index in [9.17, 15) is 0 Å². The smallest absolute Gasteiger partial charge is 0.143 e. The molecule has 0 unspecified atom stereocenters. The van der Waals surface area contributed by atoms with Crippen LogP contribution in [0.4, 0.5) is 5.69 Å². The van der Waals surface area contributed by atoms with Crippen molar-refractivity contribution < 1.29 is 4.74 Å². The zero-order valence-corrected chi connectivity index (χ0v) is 11.0. The van der Waals surface area contributed by atoms with Gasteiger partial charge in [0, 0.05) is 19.3 Å². The van der Waals surface area contributed by atoms with Crippen molar-refractivity contribution in [2.45, 2.75) is 19.4 Å². The van der Waals surface area contributed by atoms with Crippen LogP contribution in [0.2, 0.25) is 0 Å². The molecule has 1 aromatic carbocycles. The van der Waals surface area contributed by atoms with Crippen molar-refractivity contribution >= 4 is 5.69 Å². The number of benzene rings is 1. The van der Waals surface area contributed by atoms with Crippen LogP contribution in [0.25, 0.3) is 0 Å². The van der Waals surface area contributed by atoms with Crippen molar-refractivity contribution in [3.63, 3.8) is 0 Å². The number of rotatable bonds is 4. The van der Waals surface area contributed by atoms with E-state index in [1.54, 1.807) is 6.20 Å². The fourth-order valence-corrected chi connectivity index (χ4v) is 2.43. The zero-order chi connectivity index (χ0) is 12.9. The molecule has 3 nitrogen and oxygen atoms in total. The normalized spacial score (nSPS) is 14.6. The predicted molar refractivity (Wildman–Crippen MR) is 76.5 cm³/mol. The Morgan fingerprint density at radius 1 is 1.00 bits per heavy atom. The number of nitrogens with zero attached hydrogens (tertiary/aromatic N) is 2. The molecular weight excluding hydrogens is 236 g/mol. The zero-order valence-electron chi connectivity index (χ0n) is 11.0. The van der Waals surface area contributed by atoms with Gasteiger partial charge < -0.3 is 9.64 Å². The van der Waals surface area contributed by atoms with E-state index in [4.69, 9.17) is 4.74 Å². The van der Waals surface area contributed by atoms with Crippen LogP contribution in [0.3, 0.4) is 0 Å². The maximum atomic E-state index is 5.93. The van der Waals surface area contributed by atoms with Gasteiger partial charge in [0.25, 0.3) is 0 Å². The first kappa shape index (κ1) is 12.0. The van der Waals surface area contributed by atoms with Gasteiger partial charge in [-0.05, 0) is 37.1 Å². The van der Waals surface area contributed by atoms with Crippen molar-refractivity contribution in [1.29, 1.82) is 0 Å². The average molecular weight is 254 g/mol. The highest BCUT2D eigenvalue weighted by atomic mass is 16.5. The molecule has 0 atom stereocenters. The molecule has 1 saturated heterocycles. The molecule has 2 aromatic rings. The van der Waals surface area contributed by atoms with Crippen LogP contribution in [0.5, 0.6) is 5.75 Å². The van der Waals surface area contributed by atoms with Crippen LogP contribution in [0.1, 0.15) is 18.5 Å². The molecule has 1 aliphatic heterocycles. The van der Waals surface area contributed by atoms with Crippen LogP contribution in [0, 0.1) is 0 Å². The lowest BCUT2D eigenvalue weighted by Crippen LogP contribution is -2.18. The Labute approximate surface area is 113 Å². The van der Waals surface area contributed by atoms with Gasteiger partial charge in [-0.25, -0.2) is 0 Å². The van der Waals surface area contributed by atoms with Crippen LogP contribution >= 0.6 is 0 Å². The number of hydrogen-bond donors (Lipinski definition) is 0. The monoisotopic (exact) mass is 254 g/mol. The molecule has 3 rings (SSSR count). The quantitative estimate of drug-likeness (QED) is 0.837. The van der Waals surface area contributed by atoms with Gasteiger partial charge in [0.1, 0.15) is 12.4 Å². The van der Waals surface area contributed by atoms with E-state index in [1.165, 1.54) is 18.5 Å². The summed E-state index contributed by atoms with van der Waals surface area (Å²) in [4.78, 5) is 6.68. The van der Waals surface area contributed by atoms with E-state index >= 15 is 0 Å². The minimum absolute atomic E-state index is 0.520. The lowest BCUT2D eigenvalue weighted by molar-refractivity contribution is 0.302. The second-order valence-electron chi connectivity index (χ2n) is 4.77. The second-order valence-corrected chi connectivity index (χ2v) is 4.77. The standard InChI is InChI=1S/C16H18N2O/c1-2-9-16(15(8-1)18-11-5-6-12-18)19-13-14-7-3-4-10-17-14/h1-4,7-10H,5-6,11-13H2. The van der Waals surface area contributed by atoms with Gasteiger partial charge in [0.05, 0.1) is 11.4 Å². The molecular formula is C16H18N2O. The Kier molecular flexibility index (Phi) is 3.63. The van der Waals surface area contributed by atoms with E-state index < -0.39 is 0 Å². The number of anilines is 1. The topological polar surface area (TPSA) is 25.4 Å². The van der Waals surface area contributed by atoms with Gasteiger partial charge in [-0.3, -0.25) is 4.98 Å². The highest BCUT2D eigenvalue weighted by Crippen LogP contribution is 2.30. The number of para-hydroxylation sites is 2. The van der Waals surface area contributed by atoms with E-state index in [1.807, 2.05) is 30.3 Å². The minimum Gasteiger partial charge on any atom is -0.485 e. The number of hydrogen-bond acceptors (Lipinski definition) is 3. The third-order valence-corrected chi connectivity index (χ3v) is 3.41. The van der Waals surface area contributed by atoms with E-state index in [0.29, 0.717) is 6.61 Å². The summed E-state index contributed by atoms with van der Waals surface area (Å²) in [6.07, 6.45) is 4.34. The highest BCUT2D eigenvalue weighted by molar-refractivity contribution is 5.58. The summed E-state index contributed by atoms with van der Waals surface area (Å²) in [7, 11) is 0. The molecule has 98 valence electrons. The lowest BCUT2D eigenvalue weighted by atomic mass is 10.2. The van der Waals surface area contributed by atoms with Gasteiger partial charge in [0.15, 0.2) is 0 Å². The Hall–Kier alpha value is -2.03. The van der Waals surface area contributed by atoms with Crippen molar-refractivity contribution in [2.75, 3.05) is 18.0 Å². The number of pyridine rings is 1. The fraction of sp³-hybridized carbons (Fsp3) is 0.312. The molecule has 0 amide bonds. The molecule has 0 spiro atoms. The van der Waals surface area contributed by atoms with Gasteiger partial charge in [-0.2, -0.15) is 0 Å². The third-order valence-electron chi connectivity index (χ3n) is 3.41. The summed E-state index contributed by atoms with van der Waals surface area (Å²) in [5.41, 5.74) is 2.16. The molecule has 2 heterocycles. The van der Waals surface area contributed by atoms with Gasteiger partial charge in [0.2, 0.25) is 0 Å². The Morgan fingerprint density at radius 2 is 1.79 bits per heavy atom. The van der Waals surface area contributed by atoms with E-state index in [0.717, 1.165) is 24.5 Å².